The number of aromatic hydroxyl groups is 5. The average Bonchev–Trinajstić information content (AvgIpc) is 3.29. The van der Waals surface area contributed by atoms with Gasteiger partial charge in [-0.15, -0.1) is 0 Å². The number of methoxy groups -OCH3 is 1. The van der Waals surface area contributed by atoms with Gasteiger partial charge in [0.05, 0.1) is 38.1 Å². The van der Waals surface area contributed by atoms with Crippen LogP contribution in [0.2, 0.25) is 0 Å². The van der Waals surface area contributed by atoms with E-state index in [4.69, 9.17) is 37.9 Å². The summed E-state index contributed by atoms with van der Waals surface area (Å²) in [6.07, 6.45) is -22.8. The van der Waals surface area contributed by atoms with Crippen LogP contribution < -0.4 is 9.47 Å². The maximum Gasteiger partial charge on any atom is 0.331 e. The van der Waals surface area contributed by atoms with E-state index in [2.05, 4.69) is 4.74 Å². The molecule has 1 unspecified atom stereocenters. The summed E-state index contributed by atoms with van der Waals surface area (Å²) in [5.74, 6) is -3.22. The van der Waals surface area contributed by atoms with Gasteiger partial charge < -0.3 is 109 Å². The Bertz CT molecular complexity index is 2230. The summed E-state index contributed by atoms with van der Waals surface area (Å²) in [6, 6.07) is 10.6. The molecule has 23 nitrogen and oxygen atoms in total. The molecule has 0 bridgehead atoms. The molecule has 3 aromatic rings. The van der Waals surface area contributed by atoms with Crippen molar-refractivity contribution >= 4 is 18.1 Å². The highest BCUT2D eigenvalue weighted by Gasteiger charge is 2.50. The van der Waals surface area contributed by atoms with Crippen molar-refractivity contribution in [3.05, 3.63) is 77.1 Å². The number of hydrogen-bond acceptors (Lipinski definition) is 22. The third kappa shape index (κ3) is 10.1. The number of ether oxygens (including phenoxy) is 9. The van der Waals surface area contributed by atoms with Crippen LogP contribution in [0.25, 0.3) is 12.2 Å². The second-order valence-corrected chi connectivity index (χ2v) is 15.8. The molecule has 360 valence electrons. The van der Waals surface area contributed by atoms with Crippen LogP contribution in [0.4, 0.5) is 0 Å². The first-order valence-corrected chi connectivity index (χ1v) is 20.4. The Hall–Kier alpha value is -5.51. The molecular weight excluding hydrogens is 884 g/mol. The molecule has 0 radical (unpaired) electrons. The predicted octanol–water partition coefficient (Wildman–Crippen LogP) is -2.03. The monoisotopic (exact) mass is 935 g/mol. The second-order valence-electron chi connectivity index (χ2n) is 15.8. The maximum absolute atomic E-state index is 12.6. The number of aliphatic hydroxyl groups is 10. The number of carbonyl (C=O) groups excluding carboxylic acids is 1. The largest absolute Gasteiger partial charge is 0.571 e. The van der Waals surface area contributed by atoms with Crippen LogP contribution in [0.5, 0.6) is 40.2 Å². The lowest BCUT2D eigenvalue weighted by Crippen LogP contribution is -2.61. The number of phenols is 4. The molecule has 4 heterocycles. The zero-order chi connectivity index (χ0) is 47.7. The molecule has 3 saturated heterocycles. The maximum atomic E-state index is 12.6. The van der Waals surface area contributed by atoms with Crippen molar-refractivity contribution in [1.82, 2.24) is 0 Å². The van der Waals surface area contributed by atoms with Gasteiger partial charge in [0.1, 0.15) is 83.9 Å². The fourth-order valence-corrected chi connectivity index (χ4v) is 7.63. The Balaban J connectivity index is 1.11. The zero-order valence-electron chi connectivity index (χ0n) is 34.9. The molecule has 16 atom stereocenters. The van der Waals surface area contributed by atoms with Crippen LogP contribution in [-0.2, 0) is 33.2 Å². The molecule has 66 heavy (non-hydrogen) atoms. The Labute approximate surface area is 374 Å². The van der Waals surface area contributed by atoms with Crippen LogP contribution in [0.1, 0.15) is 29.7 Å². The molecule has 7 rings (SSSR count). The van der Waals surface area contributed by atoms with Gasteiger partial charge in [-0.3, -0.25) is 0 Å². The summed E-state index contributed by atoms with van der Waals surface area (Å²) in [7, 11) is 1.22. The number of hydrogen-bond donors (Lipinski definition) is 13. The van der Waals surface area contributed by atoms with Crippen LogP contribution in [-0.4, -0.2) is 190 Å². The van der Waals surface area contributed by atoms with Crippen molar-refractivity contribution in [2.45, 2.75) is 105 Å². The first-order valence-electron chi connectivity index (χ1n) is 20.4. The van der Waals surface area contributed by atoms with E-state index in [9.17, 15) is 71.2 Å². The summed E-state index contributed by atoms with van der Waals surface area (Å²) in [4.78, 5) is 12.6. The van der Waals surface area contributed by atoms with Gasteiger partial charge in [-0.1, -0.05) is 12.1 Å². The van der Waals surface area contributed by atoms with Crippen LogP contribution in [0, 0.1) is 0 Å². The second kappa shape index (κ2) is 20.2. The predicted molar refractivity (Wildman–Crippen MR) is 218 cm³/mol. The summed E-state index contributed by atoms with van der Waals surface area (Å²) in [6.45, 7) is -0.000821. The molecule has 0 amide bonds. The summed E-state index contributed by atoms with van der Waals surface area (Å²) in [5, 5.41) is 137. The molecule has 23 heteroatoms. The highest BCUT2D eigenvalue weighted by Crippen LogP contribution is 2.49. The average molecular weight is 936 g/mol. The van der Waals surface area contributed by atoms with Gasteiger partial charge in [-0.05, 0) is 42.8 Å². The quantitative estimate of drug-likeness (QED) is 0.0380. The highest BCUT2D eigenvalue weighted by molar-refractivity contribution is 5.87. The number of esters is 1. The van der Waals surface area contributed by atoms with Gasteiger partial charge in [0, 0.05) is 18.2 Å². The van der Waals surface area contributed by atoms with Crippen molar-refractivity contribution in [3.8, 4) is 40.2 Å². The number of carbonyl (C=O) groups is 1. The van der Waals surface area contributed by atoms with Crippen molar-refractivity contribution < 1.29 is 114 Å². The first-order chi connectivity index (χ1) is 31.4. The molecular formula is C43H51O23+. The fraction of sp³-hybridized carbons (Fsp3) is 0.465. The van der Waals surface area contributed by atoms with Crippen LogP contribution in [0.15, 0.2) is 60.4 Å². The van der Waals surface area contributed by atoms with Crippen molar-refractivity contribution in [1.29, 1.82) is 0 Å². The molecule has 4 aliphatic heterocycles. The van der Waals surface area contributed by atoms with Crippen molar-refractivity contribution in [3.63, 3.8) is 0 Å². The van der Waals surface area contributed by atoms with Gasteiger partial charge in [0.15, 0.2) is 29.7 Å². The molecule has 0 spiro atoms. The normalized spacial score (nSPS) is 34.4. The van der Waals surface area contributed by atoms with Crippen LogP contribution in [0.3, 0.4) is 0 Å². The van der Waals surface area contributed by atoms with E-state index in [1.807, 2.05) is 0 Å². The minimum atomic E-state index is -1.98. The fourth-order valence-electron chi connectivity index (χ4n) is 7.63. The van der Waals surface area contributed by atoms with Crippen molar-refractivity contribution in [2.24, 2.45) is 0 Å². The molecule has 0 aliphatic carbocycles. The minimum absolute atomic E-state index is 0.00433. The molecule has 3 aromatic carbocycles. The summed E-state index contributed by atoms with van der Waals surface area (Å²) >= 11 is 0. The smallest absolute Gasteiger partial charge is 0.331 e. The van der Waals surface area contributed by atoms with E-state index in [1.165, 1.54) is 50.5 Å². The Morgan fingerprint density at radius 1 is 0.712 bits per heavy atom. The van der Waals surface area contributed by atoms with E-state index in [0.29, 0.717) is 5.56 Å². The SMILES string of the molecule is COc1cc(C2[OH+]c3cc(O)cc(O[C@@H]4O[C@@H](CO)[C@H](O)[C@H](O)[C@H]4O)c3C=C2O[C@@H]2O[C@H](CO[C@@H]3O[C@@H](C)[C@H](OC(=O)/C=C/c4ccc(O)cc4)[C@H](O)[C@@H]3O)[C@H](O)[C@@H](O)[C@H]2O)cc(O)c1O. The molecule has 4 aliphatic rings. The van der Waals surface area contributed by atoms with Crippen LogP contribution >= 0.6 is 0 Å². The lowest BCUT2D eigenvalue weighted by atomic mass is 9.97. The number of phenolic OH excluding ortho intramolecular Hbond substituents is 4. The number of fused-ring (bicyclic) bond motifs is 1. The standard InChI is InChI=1S/C43H50O23/c1-16-39(66-29(48)8-5-17-3-6-19(45)7-4-17)35(54)38(57)41(60-16)59-15-28-32(51)34(53)37(56)43(65-28)63-26-13-21-23(61-40(26)18-9-22(47)30(49)25(10-18)58-2)11-20(46)12-24(21)62-42-36(55)33(52)31(50)27(14-44)64-42/h3-13,16,27-28,31-47,49-57H,14-15H2,1-2H3/p+1/b8-5+/t16-,27-,28+,31-,32-,33-,34+,35+,36+,37+,38-,39-,40?,41+,42+,43+/m0/s1. The minimum Gasteiger partial charge on any atom is -0.571 e. The number of benzene rings is 3. The lowest BCUT2D eigenvalue weighted by molar-refractivity contribution is -0.325. The Morgan fingerprint density at radius 2 is 1.35 bits per heavy atom. The van der Waals surface area contributed by atoms with Gasteiger partial charge >= 0.3 is 5.97 Å². The zero-order valence-corrected chi connectivity index (χ0v) is 34.9. The van der Waals surface area contributed by atoms with E-state index >= 15 is 0 Å². The Morgan fingerprint density at radius 3 is 2.02 bits per heavy atom. The molecule has 0 saturated carbocycles. The first kappa shape index (κ1) is 48.4. The third-order valence-corrected chi connectivity index (χ3v) is 11.3. The van der Waals surface area contributed by atoms with Gasteiger partial charge in [0.2, 0.25) is 18.3 Å². The molecule has 3 fully saturated rings. The van der Waals surface area contributed by atoms with E-state index < -0.39 is 135 Å². The summed E-state index contributed by atoms with van der Waals surface area (Å²) < 4.78 is 50.0. The van der Waals surface area contributed by atoms with Gasteiger partial charge in [-0.2, -0.15) is 0 Å². The van der Waals surface area contributed by atoms with E-state index in [0.717, 1.165) is 18.2 Å². The number of rotatable bonds is 13. The number of aliphatic hydroxyl groups excluding tert-OH is 9. The van der Waals surface area contributed by atoms with E-state index in [1.54, 1.807) is 12.1 Å². The summed E-state index contributed by atoms with van der Waals surface area (Å²) in [5.41, 5.74) is 0.677. The highest BCUT2D eigenvalue weighted by atomic mass is 16.7. The molecule has 0 aromatic heterocycles. The van der Waals surface area contributed by atoms with E-state index in [-0.39, 0.29) is 39.9 Å². The third-order valence-electron chi connectivity index (χ3n) is 11.3. The van der Waals surface area contributed by atoms with Gasteiger partial charge in [0.25, 0.3) is 11.9 Å². The Kier molecular flexibility index (Phi) is 14.8. The van der Waals surface area contributed by atoms with Gasteiger partial charge in [-0.25, -0.2) is 4.79 Å². The topological polar surface area (TPSA) is 367 Å². The molecule has 14 N–H and O–H groups in total. The van der Waals surface area contributed by atoms with Crippen molar-refractivity contribution in [2.75, 3.05) is 20.3 Å². The lowest BCUT2D eigenvalue weighted by Gasteiger charge is -2.43.